The summed E-state index contributed by atoms with van der Waals surface area (Å²) >= 11 is 0. The zero-order chi connectivity index (χ0) is 31.9. The third-order valence-corrected chi connectivity index (χ3v) is 7.56. The Balaban J connectivity index is 1.54. The van der Waals surface area contributed by atoms with Gasteiger partial charge in [-0.25, -0.2) is 4.68 Å². The molecule has 45 heavy (non-hydrogen) atoms. The zero-order valence-electron chi connectivity index (χ0n) is 25.7. The van der Waals surface area contributed by atoms with E-state index in [1.54, 1.807) is 38.0 Å². The van der Waals surface area contributed by atoms with Crippen LogP contribution in [0, 0.1) is 11.3 Å². The van der Waals surface area contributed by atoms with E-state index in [-0.39, 0.29) is 17.7 Å². The van der Waals surface area contributed by atoms with Crippen LogP contribution in [0.3, 0.4) is 0 Å². The predicted molar refractivity (Wildman–Crippen MR) is 171 cm³/mol. The third kappa shape index (κ3) is 6.50. The number of hydrogen-bond donors (Lipinski definition) is 0. The quantitative estimate of drug-likeness (QED) is 0.149. The normalized spacial score (nSPS) is 14.1. The molecular weight excluding hydrogens is 568 g/mol. The number of benzene rings is 3. The molecule has 0 fully saturated rings. The first-order chi connectivity index (χ1) is 21.9. The number of para-hydroxylation sites is 1. The van der Waals surface area contributed by atoms with Gasteiger partial charge in [0.15, 0.2) is 11.5 Å². The highest BCUT2D eigenvalue weighted by molar-refractivity contribution is 6.19. The van der Waals surface area contributed by atoms with Gasteiger partial charge in [-0.1, -0.05) is 31.2 Å². The Bertz CT molecular complexity index is 1810. The first-order valence-electron chi connectivity index (χ1n) is 14.7. The number of rotatable bonds is 11. The highest BCUT2D eigenvalue weighted by Gasteiger charge is 2.35. The molecule has 3 aromatic carbocycles. The number of aromatic nitrogens is 2. The van der Waals surface area contributed by atoms with Gasteiger partial charge in [-0.05, 0) is 85.5 Å². The van der Waals surface area contributed by atoms with Gasteiger partial charge in [-0.3, -0.25) is 14.5 Å². The molecule has 1 aliphatic rings. The molecule has 0 bridgehead atoms. The lowest BCUT2D eigenvalue weighted by Gasteiger charge is -2.27. The van der Waals surface area contributed by atoms with E-state index in [4.69, 9.17) is 19.3 Å². The molecule has 9 nitrogen and oxygen atoms in total. The Morgan fingerprint density at radius 2 is 1.67 bits per heavy atom. The summed E-state index contributed by atoms with van der Waals surface area (Å²) in [5.74, 6) is 0.802. The number of carbonyl (C=O) groups is 2. The van der Waals surface area contributed by atoms with E-state index in [1.807, 2.05) is 79.0 Å². The molecule has 2 amide bonds. The number of amides is 2. The van der Waals surface area contributed by atoms with Crippen LogP contribution in [-0.2, 0) is 16.0 Å². The van der Waals surface area contributed by atoms with E-state index >= 15 is 0 Å². The summed E-state index contributed by atoms with van der Waals surface area (Å²) in [6, 6.07) is 24.8. The van der Waals surface area contributed by atoms with Crippen molar-refractivity contribution >= 4 is 17.9 Å². The van der Waals surface area contributed by atoms with E-state index in [0.717, 1.165) is 33.9 Å². The molecule has 0 atom stereocenters. The lowest BCUT2D eigenvalue weighted by atomic mass is 9.93. The van der Waals surface area contributed by atoms with Crippen LogP contribution in [0.1, 0.15) is 31.4 Å². The van der Waals surface area contributed by atoms with Crippen molar-refractivity contribution in [1.82, 2.24) is 14.7 Å². The standard InChI is InChI=1S/C36H34N4O5/c1-5-19-45-29-14-12-26(13-15-29)34-27(23-40(38-34)28-9-7-6-8-10-28)21-30-24(2)31(22-37)36(42)39(35(30)41)18-17-25-11-16-32(43-3)33(20-25)44-4/h6-16,20-21,23H,5,17-19H2,1-4H3/b30-21+. The van der Waals surface area contributed by atoms with E-state index < -0.39 is 11.8 Å². The lowest BCUT2D eigenvalue weighted by molar-refractivity contribution is -0.140. The topological polar surface area (TPSA) is 107 Å². The molecule has 1 aliphatic heterocycles. The Labute approximate surface area is 262 Å². The maximum absolute atomic E-state index is 13.9. The molecule has 0 N–H and O–H groups in total. The van der Waals surface area contributed by atoms with Gasteiger partial charge < -0.3 is 14.2 Å². The molecular formula is C36H34N4O5. The van der Waals surface area contributed by atoms with Crippen LogP contribution in [0.25, 0.3) is 23.0 Å². The van der Waals surface area contributed by atoms with Crippen LogP contribution in [0.15, 0.2) is 95.7 Å². The first kappa shape index (κ1) is 30.8. The van der Waals surface area contributed by atoms with Crippen LogP contribution < -0.4 is 14.2 Å². The number of hydrogen-bond acceptors (Lipinski definition) is 7. The molecule has 0 unspecified atom stereocenters. The molecule has 0 spiro atoms. The van der Waals surface area contributed by atoms with Gasteiger partial charge in [-0.2, -0.15) is 10.4 Å². The van der Waals surface area contributed by atoms with Crippen molar-refractivity contribution in [3.8, 4) is 40.3 Å². The molecule has 0 aliphatic carbocycles. The minimum atomic E-state index is -0.611. The van der Waals surface area contributed by atoms with Crippen LogP contribution in [0.4, 0.5) is 0 Å². The van der Waals surface area contributed by atoms with Crippen LogP contribution >= 0.6 is 0 Å². The lowest BCUT2D eigenvalue weighted by Crippen LogP contribution is -2.43. The maximum atomic E-state index is 13.9. The number of ether oxygens (including phenoxy) is 3. The van der Waals surface area contributed by atoms with Gasteiger partial charge in [0.25, 0.3) is 11.8 Å². The number of nitrogens with zero attached hydrogens (tertiary/aromatic N) is 4. The van der Waals surface area contributed by atoms with Crippen molar-refractivity contribution < 1.29 is 23.8 Å². The molecule has 1 aromatic heterocycles. The molecule has 9 heteroatoms. The van der Waals surface area contributed by atoms with E-state index in [9.17, 15) is 14.9 Å². The second kappa shape index (κ2) is 13.8. The number of methoxy groups -OCH3 is 2. The summed E-state index contributed by atoms with van der Waals surface area (Å²) in [7, 11) is 3.10. The minimum absolute atomic E-state index is 0.0670. The summed E-state index contributed by atoms with van der Waals surface area (Å²) in [6.07, 6.45) is 4.83. The van der Waals surface area contributed by atoms with Crippen molar-refractivity contribution in [2.75, 3.05) is 27.4 Å². The van der Waals surface area contributed by atoms with Crippen LogP contribution in [-0.4, -0.2) is 53.9 Å². The van der Waals surface area contributed by atoms with Gasteiger partial charge in [0.2, 0.25) is 0 Å². The Kier molecular flexibility index (Phi) is 9.44. The molecule has 0 saturated heterocycles. The molecule has 0 saturated carbocycles. The van der Waals surface area contributed by atoms with Crippen molar-refractivity contribution in [3.05, 3.63) is 107 Å². The molecule has 0 radical (unpaired) electrons. The maximum Gasteiger partial charge on any atom is 0.271 e. The van der Waals surface area contributed by atoms with Gasteiger partial charge in [0.05, 0.1) is 32.2 Å². The van der Waals surface area contributed by atoms with Gasteiger partial charge in [0, 0.05) is 29.4 Å². The van der Waals surface area contributed by atoms with Gasteiger partial charge in [-0.15, -0.1) is 0 Å². The van der Waals surface area contributed by atoms with Crippen LogP contribution in [0.5, 0.6) is 17.2 Å². The second-order valence-electron chi connectivity index (χ2n) is 10.5. The second-order valence-corrected chi connectivity index (χ2v) is 10.5. The third-order valence-electron chi connectivity index (χ3n) is 7.56. The summed E-state index contributed by atoms with van der Waals surface area (Å²) in [6.45, 7) is 4.39. The molecule has 228 valence electrons. The fourth-order valence-corrected chi connectivity index (χ4v) is 5.12. The Morgan fingerprint density at radius 1 is 0.933 bits per heavy atom. The fraction of sp³-hybridized carbons (Fsp3) is 0.222. The molecule has 2 heterocycles. The van der Waals surface area contributed by atoms with E-state index in [0.29, 0.717) is 41.4 Å². The SMILES string of the molecule is CCCOc1ccc(-c2nn(-c3ccccc3)cc2/C=C2/C(=O)N(CCc3ccc(OC)c(OC)c3)C(=O)C(C#N)=C2C)cc1. The molecule has 5 rings (SSSR count). The van der Waals surface area contributed by atoms with E-state index in [1.165, 1.54) is 0 Å². The average Bonchev–Trinajstić information content (AvgIpc) is 3.50. The number of imide groups is 1. The van der Waals surface area contributed by atoms with Crippen molar-refractivity contribution in [2.24, 2.45) is 0 Å². The smallest absolute Gasteiger partial charge is 0.271 e. The molecule has 4 aromatic rings. The summed E-state index contributed by atoms with van der Waals surface area (Å²) in [4.78, 5) is 28.4. The minimum Gasteiger partial charge on any atom is -0.494 e. The highest BCUT2D eigenvalue weighted by Crippen LogP contribution is 2.33. The van der Waals surface area contributed by atoms with Crippen molar-refractivity contribution in [2.45, 2.75) is 26.7 Å². The Hall–Kier alpha value is -5.62. The zero-order valence-corrected chi connectivity index (χ0v) is 25.7. The summed E-state index contributed by atoms with van der Waals surface area (Å²) in [5, 5.41) is 14.8. The monoisotopic (exact) mass is 602 g/mol. The van der Waals surface area contributed by atoms with Gasteiger partial charge >= 0.3 is 0 Å². The number of carbonyl (C=O) groups excluding carboxylic acids is 2. The van der Waals surface area contributed by atoms with Crippen LogP contribution in [0.2, 0.25) is 0 Å². The first-order valence-corrected chi connectivity index (χ1v) is 14.7. The highest BCUT2D eigenvalue weighted by atomic mass is 16.5. The summed E-state index contributed by atoms with van der Waals surface area (Å²) < 4.78 is 18.2. The Morgan fingerprint density at radius 3 is 2.33 bits per heavy atom. The average molecular weight is 603 g/mol. The largest absolute Gasteiger partial charge is 0.494 e. The summed E-state index contributed by atoms with van der Waals surface area (Å²) in [5.41, 5.74) is 4.34. The van der Waals surface area contributed by atoms with Gasteiger partial charge in [0.1, 0.15) is 17.4 Å². The predicted octanol–water partition coefficient (Wildman–Crippen LogP) is 6.18. The fourth-order valence-electron chi connectivity index (χ4n) is 5.12. The van der Waals surface area contributed by atoms with Crippen molar-refractivity contribution in [3.63, 3.8) is 0 Å². The number of nitriles is 1. The van der Waals surface area contributed by atoms with Crippen molar-refractivity contribution in [1.29, 1.82) is 5.26 Å². The van der Waals surface area contributed by atoms with E-state index in [2.05, 4.69) is 6.92 Å².